The van der Waals surface area contributed by atoms with Crippen molar-refractivity contribution in [2.24, 2.45) is 0 Å². The third kappa shape index (κ3) is 6.07. The van der Waals surface area contributed by atoms with Crippen molar-refractivity contribution in [2.45, 2.75) is 32.8 Å². The van der Waals surface area contributed by atoms with Crippen molar-refractivity contribution in [1.29, 1.82) is 0 Å². The highest BCUT2D eigenvalue weighted by molar-refractivity contribution is 6.00. The number of benzene rings is 3. The van der Waals surface area contributed by atoms with E-state index in [2.05, 4.69) is 36.3 Å². The lowest BCUT2D eigenvalue weighted by Gasteiger charge is -2.19. The number of carbonyl (C=O) groups is 1. The summed E-state index contributed by atoms with van der Waals surface area (Å²) in [6, 6.07) is 18.9. The number of ether oxygens (including phenoxy) is 4. The minimum Gasteiger partial charge on any atom is -0.497 e. The van der Waals surface area contributed by atoms with Crippen LogP contribution >= 0.6 is 0 Å². The molecular formula is C28H31N3O5. The summed E-state index contributed by atoms with van der Waals surface area (Å²) in [6.07, 6.45) is 0. The van der Waals surface area contributed by atoms with E-state index in [-0.39, 0.29) is 17.9 Å². The average molecular weight is 490 g/mol. The summed E-state index contributed by atoms with van der Waals surface area (Å²) in [5.41, 5.74) is 2.94. The summed E-state index contributed by atoms with van der Waals surface area (Å²) >= 11 is 0. The Morgan fingerprint density at radius 3 is 2.17 bits per heavy atom. The van der Waals surface area contributed by atoms with Gasteiger partial charge in [-0.2, -0.15) is 5.10 Å². The van der Waals surface area contributed by atoms with Gasteiger partial charge >= 0.3 is 0 Å². The molecule has 0 aliphatic carbocycles. The Hall–Kier alpha value is -4.20. The number of fused-ring (bicyclic) bond motifs is 1. The highest BCUT2D eigenvalue weighted by Crippen LogP contribution is 2.28. The van der Waals surface area contributed by atoms with Crippen molar-refractivity contribution >= 4 is 22.6 Å². The number of carbonyl (C=O) groups excluding carboxylic acids is 1. The molecule has 0 spiro atoms. The van der Waals surface area contributed by atoms with E-state index < -0.39 is 0 Å². The minimum atomic E-state index is -0.307. The van der Waals surface area contributed by atoms with E-state index >= 15 is 0 Å². The van der Waals surface area contributed by atoms with Crippen molar-refractivity contribution < 1.29 is 23.7 Å². The van der Waals surface area contributed by atoms with Gasteiger partial charge in [0.1, 0.15) is 29.6 Å². The van der Waals surface area contributed by atoms with E-state index in [9.17, 15) is 4.79 Å². The number of aromatic nitrogens is 2. The predicted molar refractivity (Wildman–Crippen MR) is 139 cm³/mol. The Balaban J connectivity index is 1.39. The van der Waals surface area contributed by atoms with Crippen LogP contribution in [0.3, 0.4) is 0 Å². The molecule has 1 amide bonds. The van der Waals surface area contributed by atoms with E-state index in [4.69, 9.17) is 18.9 Å². The van der Waals surface area contributed by atoms with Crippen molar-refractivity contribution in [3.8, 4) is 23.0 Å². The zero-order valence-electron chi connectivity index (χ0n) is 21.2. The summed E-state index contributed by atoms with van der Waals surface area (Å²) in [4.78, 5) is 12.5. The van der Waals surface area contributed by atoms with Crippen LogP contribution in [0.15, 0.2) is 60.7 Å². The third-order valence-electron chi connectivity index (χ3n) is 5.70. The zero-order valence-corrected chi connectivity index (χ0v) is 21.2. The summed E-state index contributed by atoms with van der Waals surface area (Å²) in [5, 5.41) is 10.7. The molecule has 0 saturated carbocycles. The SMILES string of the molecule is COc1cc(COc2ccc3[nH]nc(NC(=O)COc4ccc(C(C)(C)C)cc4)c3c2)cc(OC)c1. The number of hydrogen-bond donors (Lipinski definition) is 2. The summed E-state index contributed by atoms with van der Waals surface area (Å²) in [6.45, 7) is 6.64. The number of hydrogen-bond acceptors (Lipinski definition) is 6. The lowest BCUT2D eigenvalue weighted by atomic mass is 9.87. The minimum absolute atomic E-state index is 0.0559. The number of aromatic amines is 1. The second-order valence-electron chi connectivity index (χ2n) is 9.40. The molecule has 0 radical (unpaired) electrons. The summed E-state index contributed by atoms with van der Waals surface area (Å²) in [5.74, 6) is 2.76. The molecule has 188 valence electrons. The second-order valence-corrected chi connectivity index (χ2v) is 9.40. The fourth-order valence-electron chi connectivity index (χ4n) is 3.66. The van der Waals surface area contributed by atoms with Gasteiger partial charge in [0.2, 0.25) is 0 Å². The Kier molecular flexibility index (Phi) is 7.33. The number of nitrogens with zero attached hydrogens (tertiary/aromatic N) is 1. The van der Waals surface area contributed by atoms with Crippen molar-refractivity contribution in [2.75, 3.05) is 26.1 Å². The van der Waals surface area contributed by atoms with Crippen LogP contribution in [-0.2, 0) is 16.8 Å². The van der Waals surface area contributed by atoms with Gasteiger partial charge in [0.25, 0.3) is 5.91 Å². The maximum atomic E-state index is 12.5. The number of nitrogens with one attached hydrogen (secondary N) is 2. The van der Waals surface area contributed by atoms with Gasteiger partial charge in [0.15, 0.2) is 12.4 Å². The molecule has 1 aromatic heterocycles. The fraction of sp³-hybridized carbons (Fsp3) is 0.286. The van der Waals surface area contributed by atoms with Crippen LogP contribution in [0, 0.1) is 0 Å². The molecule has 0 fully saturated rings. The monoisotopic (exact) mass is 489 g/mol. The van der Waals surface area contributed by atoms with Gasteiger partial charge in [-0.25, -0.2) is 0 Å². The van der Waals surface area contributed by atoms with E-state index in [1.165, 1.54) is 5.56 Å². The van der Waals surface area contributed by atoms with Crippen molar-refractivity contribution in [3.63, 3.8) is 0 Å². The predicted octanol–water partition coefficient (Wildman–Crippen LogP) is 5.47. The maximum Gasteiger partial charge on any atom is 0.263 e. The topological polar surface area (TPSA) is 94.7 Å². The Labute approximate surface area is 210 Å². The van der Waals surface area contributed by atoms with Gasteiger partial charge in [-0.15, -0.1) is 0 Å². The molecule has 0 aliphatic heterocycles. The van der Waals surface area contributed by atoms with Gasteiger partial charge in [-0.05, 0) is 59.0 Å². The Morgan fingerprint density at radius 2 is 1.53 bits per heavy atom. The van der Waals surface area contributed by atoms with Gasteiger partial charge in [0.05, 0.1) is 19.7 Å². The van der Waals surface area contributed by atoms with E-state index in [0.717, 1.165) is 16.5 Å². The van der Waals surface area contributed by atoms with E-state index in [1.54, 1.807) is 20.3 Å². The Bertz CT molecular complexity index is 1320. The molecule has 1 heterocycles. The first-order valence-corrected chi connectivity index (χ1v) is 11.6. The molecule has 8 nitrogen and oxygen atoms in total. The van der Waals surface area contributed by atoms with Crippen molar-refractivity contribution in [1.82, 2.24) is 10.2 Å². The zero-order chi connectivity index (χ0) is 25.7. The van der Waals surface area contributed by atoms with Gasteiger partial charge in [-0.1, -0.05) is 32.9 Å². The van der Waals surface area contributed by atoms with Crippen LogP contribution in [0.5, 0.6) is 23.0 Å². The number of H-pyrrole nitrogens is 1. The number of anilines is 1. The van der Waals surface area contributed by atoms with Crippen LogP contribution in [0.25, 0.3) is 10.9 Å². The molecular weight excluding hydrogens is 458 g/mol. The lowest BCUT2D eigenvalue weighted by molar-refractivity contribution is -0.118. The first kappa shape index (κ1) is 24.9. The van der Waals surface area contributed by atoms with E-state index in [0.29, 0.717) is 35.4 Å². The van der Waals surface area contributed by atoms with Gasteiger partial charge in [0, 0.05) is 11.5 Å². The molecule has 36 heavy (non-hydrogen) atoms. The molecule has 0 bridgehead atoms. The second kappa shape index (κ2) is 10.6. The fourth-order valence-corrected chi connectivity index (χ4v) is 3.66. The highest BCUT2D eigenvalue weighted by Gasteiger charge is 2.14. The molecule has 4 rings (SSSR count). The highest BCUT2D eigenvalue weighted by atomic mass is 16.5. The molecule has 0 unspecified atom stereocenters. The van der Waals surface area contributed by atoms with Gasteiger partial charge in [-0.3, -0.25) is 9.89 Å². The molecule has 4 aromatic rings. The standard InChI is InChI=1S/C28H31N3O5/c1-28(2,3)19-6-8-20(9-7-19)36-17-26(32)29-27-24-15-21(10-11-25(24)30-31-27)35-16-18-12-22(33-4)14-23(13-18)34-5/h6-15H,16-17H2,1-5H3,(H2,29,30,31,32). The molecule has 0 aliphatic rings. The summed E-state index contributed by atoms with van der Waals surface area (Å²) in [7, 11) is 3.21. The van der Waals surface area contributed by atoms with Crippen LogP contribution < -0.4 is 24.3 Å². The number of amides is 1. The normalized spacial score (nSPS) is 11.2. The number of methoxy groups -OCH3 is 2. The molecule has 2 N–H and O–H groups in total. The molecule has 3 aromatic carbocycles. The molecule has 8 heteroatoms. The molecule has 0 atom stereocenters. The lowest BCUT2D eigenvalue weighted by Crippen LogP contribution is -2.20. The van der Waals surface area contributed by atoms with Crippen LogP contribution in [-0.4, -0.2) is 36.9 Å². The van der Waals surface area contributed by atoms with Crippen LogP contribution in [0.2, 0.25) is 0 Å². The first-order chi connectivity index (χ1) is 17.2. The maximum absolute atomic E-state index is 12.5. The smallest absolute Gasteiger partial charge is 0.263 e. The van der Waals surface area contributed by atoms with Crippen LogP contribution in [0.1, 0.15) is 31.9 Å². The van der Waals surface area contributed by atoms with E-state index in [1.807, 2.05) is 54.6 Å². The number of rotatable bonds is 9. The quantitative estimate of drug-likeness (QED) is 0.324. The van der Waals surface area contributed by atoms with Gasteiger partial charge < -0.3 is 24.3 Å². The van der Waals surface area contributed by atoms with Crippen LogP contribution in [0.4, 0.5) is 5.82 Å². The third-order valence-corrected chi connectivity index (χ3v) is 5.70. The van der Waals surface area contributed by atoms with Crippen molar-refractivity contribution in [3.05, 3.63) is 71.8 Å². The average Bonchev–Trinajstić information content (AvgIpc) is 3.27. The summed E-state index contributed by atoms with van der Waals surface area (Å²) < 4.78 is 22.3. The molecule has 0 saturated heterocycles. The Morgan fingerprint density at radius 1 is 0.861 bits per heavy atom. The largest absolute Gasteiger partial charge is 0.497 e. The first-order valence-electron chi connectivity index (χ1n) is 11.6.